The normalized spacial score (nSPS) is 14.1. The Hall–Kier alpha value is -1.04. The first-order valence-corrected chi connectivity index (χ1v) is 7.19. The molecule has 1 N–H and O–H groups in total. The van der Waals surface area contributed by atoms with Crippen molar-refractivity contribution in [3.63, 3.8) is 0 Å². The zero-order valence-corrected chi connectivity index (χ0v) is 13.2. The molecule has 0 spiro atoms. The summed E-state index contributed by atoms with van der Waals surface area (Å²) in [4.78, 5) is 35.2. The van der Waals surface area contributed by atoms with Gasteiger partial charge in [-0.15, -0.1) is 0 Å². The van der Waals surface area contributed by atoms with E-state index in [2.05, 4.69) is 5.32 Å². The predicted octanol–water partition coefficient (Wildman–Crippen LogP) is 1.61. The summed E-state index contributed by atoms with van der Waals surface area (Å²) >= 11 is 1.03. The van der Waals surface area contributed by atoms with E-state index >= 15 is 0 Å². The largest absolute Gasteiger partial charge is 0.467 e. The Morgan fingerprint density at radius 2 is 1.68 bits per heavy atom. The third kappa shape index (κ3) is 5.63. The quantitative estimate of drug-likeness (QED) is 0.752. The molecule has 0 aromatic rings. The van der Waals surface area contributed by atoms with Crippen LogP contribution in [0.4, 0.5) is 0 Å². The Morgan fingerprint density at radius 1 is 1.16 bits per heavy atom. The fourth-order valence-corrected chi connectivity index (χ4v) is 2.12. The van der Waals surface area contributed by atoms with Crippen molar-refractivity contribution in [3.8, 4) is 0 Å². The van der Waals surface area contributed by atoms with Crippen LogP contribution in [0, 0.1) is 11.8 Å². The number of rotatable bonds is 6. The average Bonchev–Trinajstić information content (AvgIpc) is 2.34. The molecule has 0 heterocycles. The second kappa shape index (κ2) is 7.53. The number of ether oxygens (including phenoxy) is 1. The van der Waals surface area contributed by atoms with Gasteiger partial charge in [0.1, 0.15) is 5.54 Å². The molecule has 0 aromatic heterocycles. The van der Waals surface area contributed by atoms with Crippen molar-refractivity contribution >= 4 is 28.8 Å². The lowest BCUT2D eigenvalue weighted by molar-refractivity contribution is -0.149. The SMILES string of the molecule is COC(=O)[C@](C)(CSC(=O)C(C)C)NC(=O)C(C)C. The van der Waals surface area contributed by atoms with Gasteiger partial charge in [-0.1, -0.05) is 39.5 Å². The molecule has 0 unspecified atom stereocenters. The molecule has 0 aromatic carbocycles. The molecule has 0 rings (SSSR count). The van der Waals surface area contributed by atoms with E-state index in [4.69, 9.17) is 4.74 Å². The molecule has 5 nitrogen and oxygen atoms in total. The van der Waals surface area contributed by atoms with Crippen molar-refractivity contribution in [1.29, 1.82) is 0 Å². The van der Waals surface area contributed by atoms with Crippen molar-refractivity contribution in [3.05, 3.63) is 0 Å². The highest BCUT2D eigenvalue weighted by atomic mass is 32.2. The van der Waals surface area contributed by atoms with Crippen LogP contribution in [0.2, 0.25) is 0 Å². The first-order valence-electron chi connectivity index (χ1n) is 6.21. The molecule has 1 atom stereocenters. The molecule has 6 heteroatoms. The van der Waals surface area contributed by atoms with Crippen LogP contribution in [0.25, 0.3) is 0 Å². The van der Waals surface area contributed by atoms with Crippen LogP contribution >= 0.6 is 11.8 Å². The zero-order chi connectivity index (χ0) is 15.2. The van der Waals surface area contributed by atoms with Crippen LogP contribution in [0.1, 0.15) is 34.6 Å². The molecule has 0 aliphatic heterocycles. The minimum atomic E-state index is -1.19. The third-order valence-electron chi connectivity index (χ3n) is 2.53. The van der Waals surface area contributed by atoms with Gasteiger partial charge in [0.05, 0.1) is 7.11 Å². The number of hydrogen-bond acceptors (Lipinski definition) is 5. The van der Waals surface area contributed by atoms with Crippen LogP contribution in [-0.2, 0) is 19.1 Å². The molecule has 0 aliphatic rings. The van der Waals surface area contributed by atoms with E-state index in [9.17, 15) is 14.4 Å². The van der Waals surface area contributed by atoms with E-state index < -0.39 is 11.5 Å². The van der Waals surface area contributed by atoms with E-state index in [1.54, 1.807) is 34.6 Å². The summed E-state index contributed by atoms with van der Waals surface area (Å²) in [5.74, 6) is -0.992. The summed E-state index contributed by atoms with van der Waals surface area (Å²) in [5, 5.41) is 2.63. The summed E-state index contributed by atoms with van der Waals surface area (Å²) in [7, 11) is 1.26. The van der Waals surface area contributed by atoms with E-state index in [1.807, 2.05) is 0 Å². The van der Waals surface area contributed by atoms with Gasteiger partial charge in [-0.25, -0.2) is 4.79 Å². The van der Waals surface area contributed by atoms with Gasteiger partial charge in [-0.3, -0.25) is 9.59 Å². The molecular formula is C13H23NO4S. The van der Waals surface area contributed by atoms with E-state index in [1.165, 1.54) is 7.11 Å². The van der Waals surface area contributed by atoms with Crippen LogP contribution in [0.15, 0.2) is 0 Å². The first kappa shape index (κ1) is 18.0. The van der Waals surface area contributed by atoms with Crippen LogP contribution < -0.4 is 5.32 Å². The van der Waals surface area contributed by atoms with E-state index in [0.29, 0.717) is 0 Å². The molecule has 19 heavy (non-hydrogen) atoms. The Kier molecular flexibility index (Phi) is 7.11. The van der Waals surface area contributed by atoms with Gasteiger partial charge in [-0.05, 0) is 6.92 Å². The number of amides is 1. The minimum Gasteiger partial charge on any atom is -0.467 e. The molecule has 0 bridgehead atoms. The molecule has 0 saturated carbocycles. The van der Waals surface area contributed by atoms with Gasteiger partial charge < -0.3 is 10.1 Å². The van der Waals surface area contributed by atoms with Gasteiger partial charge in [0.25, 0.3) is 0 Å². The number of methoxy groups -OCH3 is 1. The van der Waals surface area contributed by atoms with Crippen molar-refractivity contribution in [2.24, 2.45) is 11.8 Å². The van der Waals surface area contributed by atoms with Gasteiger partial charge in [-0.2, -0.15) is 0 Å². The topological polar surface area (TPSA) is 72.5 Å². The Balaban J connectivity index is 4.84. The van der Waals surface area contributed by atoms with Crippen LogP contribution in [0.3, 0.4) is 0 Å². The average molecular weight is 289 g/mol. The summed E-state index contributed by atoms with van der Waals surface area (Å²) in [5.41, 5.74) is -1.19. The molecular weight excluding hydrogens is 266 g/mol. The Morgan fingerprint density at radius 3 is 2.05 bits per heavy atom. The smallest absolute Gasteiger partial charge is 0.332 e. The standard InChI is InChI=1S/C13H23NO4S/c1-8(2)10(15)14-13(5,12(17)18-6)7-19-11(16)9(3)4/h8-9H,7H2,1-6H3,(H,14,15)/t13-/m0/s1. The second-order valence-corrected chi connectivity index (χ2v) is 6.21. The third-order valence-corrected chi connectivity index (χ3v) is 4.01. The number of thioether (sulfide) groups is 1. The van der Waals surface area contributed by atoms with Crippen molar-refractivity contribution in [1.82, 2.24) is 5.32 Å². The van der Waals surface area contributed by atoms with Gasteiger partial charge in [0, 0.05) is 17.6 Å². The Labute approximate surface area is 118 Å². The molecule has 110 valence electrons. The number of hydrogen-bond donors (Lipinski definition) is 1. The van der Waals surface area contributed by atoms with Gasteiger partial charge in [0.15, 0.2) is 5.12 Å². The lowest BCUT2D eigenvalue weighted by atomic mass is 10.0. The Bertz CT molecular complexity index is 355. The lowest BCUT2D eigenvalue weighted by Crippen LogP contribution is -2.56. The maximum absolute atomic E-state index is 11.8. The highest BCUT2D eigenvalue weighted by Crippen LogP contribution is 2.19. The number of nitrogens with one attached hydrogen (secondary N) is 1. The van der Waals surface area contributed by atoms with E-state index in [0.717, 1.165) is 11.8 Å². The summed E-state index contributed by atoms with van der Waals surface area (Å²) < 4.78 is 4.71. The van der Waals surface area contributed by atoms with Crippen LogP contribution in [0.5, 0.6) is 0 Å². The molecule has 0 saturated heterocycles. The number of esters is 1. The lowest BCUT2D eigenvalue weighted by Gasteiger charge is -2.28. The molecule has 0 fully saturated rings. The van der Waals surface area contributed by atoms with Crippen LogP contribution in [-0.4, -0.2) is 35.4 Å². The number of carbonyl (C=O) groups is 3. The molecule has 0 aliphatic carbocycles. The van der Waals surface area contributed by atoms with Crippen molar-refractivity contribution in [2.75, 3.05) is 12.9 Å². The minimum absolute atomic E-state index is 0.0195. The highest BCUT2D eigenvalue weighted by Gasteiger charge is 2.37. The van der Waals surface area contributed by atoms with E-state index in [-0.39, 0.29) is 28.6 Å². The first-order chi connectivity index (χ1) is 8.64. The summed E-state index contributed by atoms with van der Waals surface area (Å²) in [6.45, 7) is 8.62. The van der Waals surface area contributed by atoms with Crippen molar-refractivity contribution in [2.45, 2.75) is 40.2 Å². The van der Waals surface area contributed by atoms with Gasteiger partial charge in [0.2, 0.25) is 5.91 Å². The maximum atomic E-state index is 11.8. The fourth-order valence-electron chi connectivity index (χ4n) is 1.17. The second-order valence-electron chi connectivity index (χ2n) is 5.23. The fraction of sp³-hybridized carbons (Fsp3) is 0.769. The monoisotopic (exact) mass is 289 g/mol. The highest BCUT2D eigenvalue weighted by molar-refractivity contribution is 8.13. The zero-order valence-electron chi connectivity index (χ0n) is 12.4. The number of carbonyl (C=O) groups excluding carboxylic acids is 3. The maximum Gasteiger partial charge on any atom is 0.332 e. The molecule has 0 radical (unpaired) electrons. The summed E-state index contributed by atoms with van der Waals surface area (Å²) in [6, 6.07) is 0. The molecule has 1 amide bonds. The van der Waals surface area contributed by atoms with Gasteiger partial charge >= 0.3 is 5.97 Å². The van der Waals surface area contributed by atoms with Crippen molar-refractivity contribution < 1.29 is 19.1 Å². The predicted molar refractivity (Wildman–Crippen MR) is 75.7 cm³/mol. The summed E-state index contributed by atoms with van der Waals surface area (Å²) in [6.07, 6.45) is 0.